The summed E-state index contributed by atoms with van der Waals surface area (Å²) >= 11 is 0. The molecule has 7 heteroatoms. The summed E-state index contributed by atoms with van der Waals surface area (Å²) in [6.07, 6.45) is -0.449. The summed E-state index contributed by atoms with van der Waals surface area (Å²) in [7, 11) is 0. The van der Waals surface area contributed by atoms with Crippen LogP contribution in [0.25, 0.3) is 0 Å². The second kappa shape index (κ2) is 3.91. The van der Waals surface area contributed by atoms with E-state index in [0.717, 1.165) is 26.2 Å². The van der Waals surface area contributed by atoms with Crippen LogP contribution in [0.3, 0.4) is 0 Å². The van der Waals surface area contributed by atoms with Gasteiger partial charge in [-0.15, -0.1) is 0 Å². The zero-order chi connectivity index (χ0) is 9.97. The van der Waals surface area contributed by atoms with E-state index in [1.807, 2.05) is 4.90 Å². The number of carbonyl (C=O) groups excluding carboxylic acids is 2. The van der Waals surface area contributed by atoms with Gasteiger partial charge in [0.2, 0.25) is 0 Å². The smallest absolute Gasteiger partial charge is 0.314 e. The average Bonchev–Trinajstić information content (AvgIpc) is 2.19. The Bertz CT molecular complexity index is 250. The third-order valence-electron chi connectivity index (χ3n) is 2.32. The van der Waals surface area contributed by atoms with Gasteiger partial charge in [0, 0.05) is 26.2 Å². The van der Waals surface area contributed by atoms with Gasteiger partial charge >= 0.3 is 6.03 Å². The van der Waals surface area contributed by atoms with Gasteiger partial charge in [-0.2, -0.15) is 0 Å². The van der Waals surface area contributed by atoms with E-state index in [2.05, 4.69) is 21.5 Å². The molecule has 0 aromatic rings. The van der Waals surface area contributed by atoms with E-state index in [4.69, 9.17) is 0 Å². The molecule has 2 heterocycles. The third-order valence-corrected chi connectivity index (χ3v) is 2.32. The highest BCUT2D eigenvalue weighted by Gasteiger charge is 2.31. The number of hydrogen-bond acceptors (Lipinski definition) is 5. The minimum Gasteiger partial charge on any atom is -0.314 e. The molecule has 0 radical (unpaired) electrons. The minimum absolute atomic E-state index is 0.296. The molecule has 2 aliphatic rings. The highest BCUT2D eigenvalue weighted by atomic mass is 16.2. The van der Waals surface area contributed by atoms with E-state index in [9.17, 15) is 9.59 Å². The van der Waals surface area contributed by atoms with Crippen LogP contribution in [-0.2, 0) is 4.79 Å². The lowest BCUT2D eigenvalue weighted by atomic mass is 10.3. The lowest BCUT2D eigenvalue weighted by molar-refractivity contribution is -0.128. The van der Waals surface area contributed by atoms with Crippen LogP contribution in [0.5, 0.6) is 0 Å². The van der Waals surface area contributed by atoms with Crippen molar-refractivity contribution in [3.63, 3.8) is 0 Å². The molecule has 7 nitrogen and oxygen atoms in total. The predicted octanol–water partition coefficient (Wildman–Crippen LogP) is -2.44. The number of imide groups is 1. The number of carbonyl (C=O) groups is 2. The van der Waals surface area contributed by atoms with Crippen molar-refractivity contribution in [3.05, 3.63) is 0 Å². The standard InChI is InChI=1S/C7H13N5O2/c13-6-5(10-11-7(14)9-6)12-3-1-8-2-4-12/h5,8,10H,1-4H2,(H2,9,11,13,14). The van der Waals surface area contributed by atoms with Crippen molar-refractivity contribution in [3.8, 4) is 0 Å². The summed E-state index contributed by atoms with van der Waals surface area (Å²) < 4.78 is 0. The molecule has 3 amide bonds. The second-order valence-corrected chi connectivity index (χ2v) is 3.28. The number of nitrogens with one attached hydrogen (secondary N) is 4. The maximum absolute atomic E-state index is 11.4. The molecule has 0 saturated carbocycles. The maximum atomic E-state index is 11.4. The number of rotatable bonds is 1. The highest BCUT2D eigenvalue weighted by Crippen LogP contribution is 2.00. The SMILES string of the molecule is O=C1NNC(N2CCNCC2)C(=O)N1. The first-order valence-corrected chi connectivity index (χ1v) is 4.58. The number of amides is 3. The zero-order valence-corrected chi connectivity index (χ0v) is 7.67. The molecule has 2 rings (SSSR count). The Morgan fingerprint density at radius 3 is 2.57 bits per heavy atom. The Balaban J connectivity index is 1.95. The van der Waals surface area contributed by atoms with E-state index < -0.39 is 12.2 Å². The van der Waals surface area contributed by atoms with Gasteiger partial charge in [-0.25, -0.2) is 10.2 Å². The Kier molecular flexibility index (Phi) is 2.62. The molecule has 2 fully saturated rings. The predicted molar refractivity (Wildman–Crippen MR) is 48.0 cm³/mol. The van der Waals surface area contributed by atoms with Crippen LogP contribution < -0.4 is 21.5 Å². The van der Waals surface area contributed by atoms with Crippen molar-refractivity contribution in [1.29, 1.82) is 0 Å². The zero-order valence-electron chi connectivity index (χ0n) is 7.67. The average molecular weight is 199 g/mol. The van der Waals surface area contributed by atoms with Crippen LogP contribution in [-0.4, -0.2) is 49.2 Å². The van der Waals surface area contributed by atoms with Crippen molar-refractivity contribution in [2.75, 3.05) is 26.2 Å². The fraction of sp³-hybridized carbons (Fsp3) is 0.714. The summed E-state index contributed by atoms with van der Waals surface area (Å²) in [5.41, 5.74) is 5.05. The van der Waals surface area contributed by atoms with Gasteiger partial charge in [0.1, 0.15) is 0 Å². The summed E-state index contributed by atoms with van der Waals surface area (Å²) in [6.45, 7) is 3.31. The number of hydrazine groups is 1. The van der Waals surface area contributed by atoms with Gasteiger partial charge in [-0.3, -0.25) is 20.4 Å². The Labute approximate surface area is 81.2 Å². The van der Waals surface area contributed by atoms with E-state index in [-0.39, 0.29) is 5.91 Å². The van der Waals surface area contributed by atoms with E-state index >= 15 is 0 Å². The number of piperazine rings is 1. The number of nitrogens with zero attached hydrogens (tertiary/aromatic N) is 1. The summed E-state index contributed by atoms with van der Waals surface area (Å²) in [5.74, 6) is -0.296. The van der Waals surface area contributed by atoms with Crippen LogP contribution in [0.1, 0.15) is 0 Å². The number of urea groups is 1. The molecule has 0 bridgehead atoms. The van der Waals surface area contributed by atoms with Crippen molar-refractivity contribution >= 4 is 11.9 Å². The largest absolute Gasteiger partial charge is 0.335 e. The van der Waals surface area contributed by atoms with E-state index in [1.165, 1.54) is 0 Å². The van der Waals surface area contributed by atoms with Crippen LogP contribution in [0, 0.1) is 0 Å². The molecule has 0 aliphatic carbocycles. The first kappa shape index (κ1) is 9.38. The van der Waals surface area contributed by atoms with Gasteiger partial charge in [-0.05, 0) is 0 Å². The normalized spacial score (nSPS) is 29.6. The topological polar surface area (TPSA) is 85.5 Å². The summed E-state index contributed by atoms with van der Waals surface area (Å²) in [6, 6.07) is -0.499. The van der Waals surface area contributed by atoms with E-state index in [0.29, 0.717) is 0 Å². The summed E-state index contributed by atoms with van der Waals surface area (Å²) in [4.78, 5) is 24.2. The van der Waals surface area contributed by atoms with Gasteiger partial charge in [0.15, 0.2) is 6.17 Å². The number of hydrogen-bond donors (Lipinski definition) is 4. The molecule has 1 atom stereocenters. The fourth-order valence-electron chi connectivity index (χ4n) is 1.61. The first-order chi connectivity index (χ1) is 6.77. The van der Waals surface area contributed by atoms with Gasteiger partial charge in [-0.1, -0.05) is 0 Å². The molecule has 14 heavy (non-hydrogen) atoms. The molecule has 0 aromatic heterocycles. The molecular formula is C7H13N5O2. The van der Waals surface area contributed by atoms with E-state index in [1.54, 1.807) is 0 Å². The molecule has 2 aliphatic heterocycles. The Hall–Kier alpha value is -1.18. The fourth-order valence-corrected chi connectivity index (χ4v) is 1.61. The molecule has 78 valence electrons. The minimum atomic E-state index is -0.499. The van der Waals surface area contributed by atoms with Crippen molar-refractivity contribution in [1.82, 2.24) is 26.4 Å². The second-order valence-electron chi connectivity index (χ2n) is 3.28. The molecular weight excluding hydrogens is 186 g/mol. The Morgan fingerprint density at radius 2 is 1.93 bits per heavy atom. The summed E-state index contributed by atoms with van der Waals surface area (Å²) in [5, 5.41) is 5.40. The van der Waals surface area contributed by atoms with Crippen molar-refractivity contribution in [2.24, 2.45) is 0 Å². The lowest BCUT2D eigenvalue weighted by Crippen LogP contribution is -2.69. The molecule has 0 spiro atoms. The Morgan fingerprint density at radius 1 is 1.21 bits per heavy atom. The molecule has 0 aromatic carbocycles. The van der Waals surface area contributed by atoms with Crippen molar-refractivity contribution in [2.45, 2.75) is 6.17 Å². The first-order valence-electron chi connectivity index (χ1n) is 4.58. The van der Waals surface area contributed by atoms with Gasteiger partial charge < -0.3 is 5.32 Å². The van der Waals surface area contributed by atoms with Crippen molar-refractivity contribution < 1.29 is 9.59 Å². The molecule has 4 N–H and O–H groups in total. The molecule has 1 unspecified atom stereocenters. The van der Waals surface area contributed by atoms with Crippen LogP contribution in [0.2, 0.25) is 0 Å². The lowest BCUT2D eigenvalue weighted by Gasteiger charge is -2.36. The monoisotopic (exact) mass is 199 g/mol. The quantitative estimate of drug-likeness (QED) is 0.377. The highest BCUT2D eigenvalue weighted by molar-refractivity contribution is 5.98. The van der Waals surface area contributed by atoms with Crippen LogP contribution in [0.4, 0.5) is 4.79 Å². The van der Waals surface area contributed by atoms with Gasteiger partial charge in [0.05, 0.1) is 0 Å². The third kappa shape index (κ3) is 1.84. The maximum Gasteiger partial charge on any atom is 0.335 e. The van der Waals surface area contributed by atoms with Crippen LogP contribution in [0.15, 0.2) is 0 Å². The molecule has 2 saturated heterocycles. The van der Waals surface area contributed by atoms with Gasteiger partial charge in [0.25, 0.3) is 5.91 Å². The van der Waals surface area contributed by atoms with Crippen LogP contribution >= 0.6 is 0 Å².